The molecule has 0 radical (unpaired) electrons. The number of methoxy groups -OCH3 is 1. The summed E-state index contributed by atoms with van der Waals surface area (Å²) in [4.78, 5) is 21.0. The zero-order valence-electron chi connectivity index (χ0n) is 16.0. The third-order valence-electron chi connectivity index (χ3n) is 4.75. The Bertz CT molecular complexity index is 1130. The second-order valence-corrected chi connectivity index (χ2v) is 7.88. The number of benzene rings is 2. The minimum absolute atomic E-state index is 0.101. The van der Waals surface area contributed by atoms with E-state index in [4.69, 9.17) is 4.74 Å². The van der Waals surface area contributed by atoms with Gasteiger partial charge >= 0.3 is 0 Å². The first-order chi connectivity index (χ1) is 13.6. The summed E-state index contributed by atoms with van der Waals surface area (Å²) in [6.45, 7) is 3.88. The molecule has 0 aliphatic carbocycles. The molecular formula is C22H21N3O2S. The SMILES string of the molecule is COc1ccc(-n2ccnc2S[C@H](C)C(=O)c2c(C)[nH]c3ccccc23)cc1. The summed E-state index contributed by atoms with van der Waals surface area (Å²) in [6.07, 6.45) is 3.65. The fraction of sp³-hybridized carbons (Fsp3) is 0.182. The molecule has 6 heteroatoms. The van der Waals surface area contributed by atoms with E-state index in [1.165, 1.54) is 11.8 Å². The molecule has 0 fully saturated rings. The number of nitrogens with one attached hydrogen (secondary N) is 1. The van der Waals surface area contributed by atoms with E-state index in [-0.39, 0.29) is 11.0 Å². The number of ether oxygens (including phenoxy) is 1. The fourth-order valence-electron chi connectivity index (χ4n) is 3.33. The summed E-state index contributed by atoms with van der Waals surface area (Å²) in [5, 5.41) is 1.48. The molecule has 2 aromatic carbocycles. The highest BCUT2D eigenvalue weighted by molar-refractivity contribution is 8.00. The van der Waals surface area contributed by atoms with Crippen molar-refractivity contribution >= 4 is 28.4 Å². The Morgan fingerprint density at radius 2 is 1.93 bits per heavy atom. The summed E-state index contributed by atoms with van der Waals surface area (Å²) in [6, 6.07) is 15.7. The molecule has 28 heavy (non-hydrogen) atoms. The van der Waals surface area contributed by atoms with E-state index in [1.54, 1.807) is 13.3 Å². The predicted molar refractivity (Wildman–Crippen MR) is 113 cm³/mol. The van der Waals surface area contributed by atoms with Gasteiger partial charge in [-0.3, -0.25) is 9.36 Å². The third kappa shape index (κ3) is 3.31. The highest BCUT2D eigenvalue weighted by atomic mass is 32.2. The molecule has 0 aliphatic heterocycles. The maximum atomic E-state index is 13.2. The largest absolute Gasteiger partial charge is 0.497 e. The number of rotatable bonds is 6. The van der Waals surface area contributed by atoms with Crippen LogP contribution in [0.3, 0.4) is 0 Å². The molecular weight excluding hydrogens is 370 g/mol. The van der Waals surface area contributed by atoms with Crippen molar-refractivity contribution in [1.29, 1.82) is 0 Å². The smallest absolute Gasteiger partial charge is 0.178 e. The molecule has 0 aliphatic rings. The van der Waals surface area contributed by atoms with Crippen LogP contribution in [-0.2, 0) is 0 Å². The van der Waals surface area contributed by atoms with E-state index >= 15 is 0 Å². The second kappa shape index (κ2) is 7.56. The molecule has 0 spiro atoms. The van der Waals surface area contributed by atoms with Crippen molar-refractivity contribution in [1.82, 2.24) is 14.5 Å². The van der Waals surface area contributed by atoms with Crippen molar-refractivity contribution in [2.75, 3.05) is 7.11 Å². The minimum Gasteiger partial charge on any atom is -0.497 e. The molecule has 1 atom stereocenters. The molecule has 142 valence electrons. The van der Waals surface area contributed by atoms with E-state index in [0.717, 1.165) is 38.8 Å². The average Bonchev–Trinajstić information content (AvgIpc) is 3.30. The van der Waals surface area contributed by atoms with Gasteiger partial charge in [-0.15, -0.1) is 0 Å². The van der Waals surface area contributed by atoms with Crippen LogP contribution in [0, 0.1) is 6.92 Å². The number of carbonyl (C=O) groups is 1. The Hall–Kier alpha value is -2.99. The molecule has 4 rings (SSSR count). The van der Waals surface area contributed by atoms with Crippen LogP contribution in [0.2, 0.25) is 0 Å². The molecule has 1 N–H and O–H groups in total. The highest BCUT2D eigenvalue weighted by Crippen LogP contribution is 2.30. The number of fused-ring (bicyclic) bond motifs is 1. The van der Waals surface area contributed by atoms with Gasteiger partial charge in [-0.25, -0.2) is 4.98 Å². The number of hydrogen-bond donors (Lipinski definition) is 1. The summed E-state index contributed by atoms with van der Waals surface area (Å²) >= 11 is 1.46. The van der Waals surface area contributed by atoms with Gasteiger partial charge < -0.3 is 9.72 Å². The third-order valence-corrected chi connectivity index (χ3v) is 5.83. The Morgan fingerprint density at radius 3 is 2.68 bits per heavy atom. The predicted octanol–water partition coefficient (Wildman–Crippen LogP) is 5.03. The lowest BCUT2D eigenvalue weighted by molar-refractivity contribution is 0.0995. The first-order valence-corrected chi connectivity index (χ1v) is 9.92. The number of thioether (sulfide) groups is 1. The monoisotopic (exact) mass is 391 g/mol. The molecule has 2 heterocycles. The number of carbonyl (C=O) groups excluding carboxylic acids is 1. The number of aryl methyl sites for hydroxylation is 1. The van der Waals surface area contributed by atoms with Crippen LogP contribution in [0.5, 0.6) is 5.75 Å². The van der Waals surface area contributed by atoms with Gasteiger partial charge in [-0.05, 0) is 44.2 Å². The van der Waals surface area contributed by atoms with Gasteiger partial charge in [-0.2, -0.15) is 0 Å². The lowest BCUT2D eigenvalue weighted by Crippen LogP contribution is -2.15. The van der Waals surface area contributed by atoms with Gasteiger partial charge in [0.05, 0.1) is 12.4 Å². The van der Waals surface area contributed by atoms with Crippen molar-refractivity contribution < 1.29 is 9.53 Å². The molecule has 5 nitrogen and oxygen atoms in total. The summed E-state index contributed by atoms with van der Waals surface area (Å²) in [5.41, 5.74) is 3.62. The zero-order valence-corrected chi connectivity index (χ0v) is 16.8. The number of aromatic amines is 1. The number of ketones is 1. The molecule has 0 unspecified atom stereocenters. The lowest BCUT2D eigenvalue weighted by Gasteiger charge is -2.13. The molecule has 0 amide bonds. The molecule has 2 aromatic heterocycles. The fourth-order valence-corrected chi connectivity index (χ4v) is 4.27. The first-order valence-electron chi connectivity index (χ1n) is 9.04. The number of para-hydroxylation sites is 1. The Kier molecular flexibility index (Phi) is 4.96. The first kappa shape index (κ1) is 18.4. The standard InChI is InChI=1S/C22H21N3O2S/c1-14-20(18-6-4-5-7-19(18)24-14)21(26)15(2)28-22-23-12-13-25(22)16-8-10-17(27-3)11-9-16/h4-13,15,24H,1-3H3/t15-/m1/s1. The normalized spacial score (nSPS) is 12.2. The molecule has 0 saturated heterocycles. The lowest BCUT2D eigenvalue weighted by atomic mass is 10.1. The Labute approximate surface area is 167 Å². The summed E-state index contributed by atoms with van der Waals surface area (Å²) < 4.78 is 7.20. The van der Waals surface area contributed by atoms with Crippen LogP contribution in [0.1, 0.15) is 23.0 Å². The molecule has 0 saturated carbocycles. The van der Waals surface area contributed by atoms with Gasteiger partial charge in [0.25, 0.3) is 0 Å². The molecule has 4 aromatic rings. The van der Waals surface area contributed by atoms with Gasteiger partial charge in [0.1, 0.15) is 5.75 Å². The average molecular weight is 391 g/mol. The van der Waals surface area contributed by atoms with Crippen LogP contribution < -0.4 is 4.74 Å². The van der Waals surface area contributed by atoms with Crippen molar-refractivity contribution in [3.05, 3.63) is 72.2 Å². The van der Waals surface area contributed by atoms with Crippen molar-refractivity contribution in [3.8, 4) is 11.4 Å². The summed E-state index contributed by atoms with van der Waals surface area (Å²) in [7, 11) is 1.65. The quantitative estimate of drug-likeness (QED) is 0.370. The van der Waals surface area contributed by atoms with Gasteiger partial charge in [-0.1, -0.05) is 30.0 Å². The highest BCUT2D eigenvalue weighted by Gasteiger charge is 2.23. The molecule has 0 bridgehead atoms. The van der Waals surface area contributed by atoms with Crippen LogP contribution in [0.15, 0.2) is 66.1 Å². The number of Topliss-reactive ketones (excluding diaryl/α,β-unsaturated/α-hetero) is 1. The number of imidazole rings is 1. The number of hydrogen-bond acceptors (Lipinski definition) is 4. The van der Waals surface area contributed by atoms with Crippen LogP contribution >= 0.6 is 11.8 Å². The van der Waals surface area contributed by atoms with E-state index in [9.17, 15) is 4.79 Å². The van der Waals surface area contributed by atoms with Crippen molar-refractivity contribution in [3.63, 3.8) is 0 Å². The van der Waals surface area contributed by atoms with E-state index in [1.807, 2.05) is 73.1 Å². The maximum absolute atomic E-state index is 13.2. The van der Waals surface area contributed by atoms with Crippen LogP contribution in [0.4, 0.5) is 0 Å². The van der Waals surface area contributed by atoms with E-state index < -0.39 is 0 Å². The zero-order chi connectivity index (χ0) is 19.7. The maximum Gasteiger partial charge on any atom is 0.178 e. The van der Waals surface area contributed by atoms with Crippen molar-refractivity contribution in [2.45, 2.75) is 24.3 Å². The topological polar surface area (TPSA) is 59.9 Å². The van der Waals surface area contributed by atoms with E-state index in [2.05, 4.69) is 9.97 Å². The number of aromatic nitrogens is 3. The van der Waals surface area contributed by atoms with Gasteiger partial charge in [0, 0.05) is 40.2 Å². The van der Waals surface area contributed by atoms with Crippen molar-refractivity contribution in [2.24, 2.45) is 0 Å². The van der Waals surface area contributed by atoms with E-state index in [0.29, 0.717) is 0 Å². The number of nitrogens with zero attached hydrogens (tertiary/aromatic N) is 2. The Morgan fingerprint density at radius 1 is 1.18 bits per heavy atom. The number of H-pyrrole nitrogens is 1. The van der Waals surface area contributed by atoms with Gasteiger partial charge in [0.2, 0.25) is 0 Å². The minimum atomic E-state index is -0.266. The second-order valence-electron chi connectivity index (χ2n) is 6.57. The van der Waals surface area contributed by atoms with Crippen LogP contribution in [-0.4, -0.2) is 32.7 Å². The van der Waals surface area contributed by atoms with Crippen LogP contribution in [0.25, 0.3) is 16.6 Å². The summed E-state index contributed by atoms with van der Waals surface area (Å²) in [5.74, 6) is 0.903. The van der Waals surface area contributed by atoms with Gasteiger partial charge in [0.15, 0.2) is 10.9 Å². The Balaban J connectivity index is 1.60.